The van der Waals surface area contributed by atoms with E-state index in [4.69, 9.17) is 20.3 Å². The Kier molecular flexibility index (Phi) is 3.54. The van der Waals surface area contributed by atoms with Crippen LogP contribution in [0, 0.1) is 0 Å². The lowest BCUT2D eigenvalue weighted by Crippen LogP contribution is -2.48. The number of benzene rings is 1. The molecule has 0 bridgehead atoms. The zero-order valence-electron chi connectivity index (χ0n) is 10.9. The molecule has 1 aromatic carbocycles. The maximum Gasteiger partial charge on any atom is 0.328 e. The zero-order valence-corrected chi connectivity index (χ0v) is 10.9. The molecule has 7 nitrogen and oxygen atoms in total. The van der Waals surface area contributed by atoms with Crippen LogP contribution < -0.4 is 15.2 Å². The fourth-order valence-electron chi connectivity index (χ4n) is 2.24. The quantitative estimate of drug-likeness (QED) is 0.728. The Bertz CT molecular complexity index is 570. The smallest absolute Gasteiger partial charge is 0.328 e. The number of nitrogens with two attached hydrogens (primary N) is 1. The molecule has 0 spiro atoms. The van der Waals surface area contributed by atoms with Crippen LogP contribution in [-0.2, 0) is 21.5 Å². The summed E-state index contributed by atoms with van der Waals surface area (Å²) in [5.41, 5.74) is 5.01. The lowest BCUT2D eigenvalue weighted by molar-refractivity contribution is -0.145. The highest BCUT2D eigenvalue weighted by molar-refractivity contribution is 5.83. The molecule has 2 rings (SSSR count). The number of hydrogen-bond donors (Lipinski definition) is 3. The third-order valence-electron chi connectivity index (χ3n) is 3.29. The van der Waals surface area contributed by atoms with E-state index in [2.05, 4.69) is 0 Å². The second-order valence-electron chi connectivity index (χ2n) is 4.62. The SMILES string of the molecule is COc1cc(CC(=O)O)cc2c1OCCC2(N)C(=O)O. The predicted octanol–water partition coefficient (Wildman–Crippen LogP) is 0.343. The van der Waals surface area contributed by atoms with Gasteiger partial charge in [0, 0.05) is 12.0 Å². The monoisotopic (exact) mass is 281 g/mol. The maximum absolute atomic E-state index is 11.4. The normalized spacial score (nSPS) is 20.7. The Morgan fingerprint density at radius 3 is 2.70 bits per heavy atom. The Balaban J connectivity index is 2.61. The summed E-state index contributed by atoms with van der Waals surface area (Å²) in [5, 5.41) is 18.2. The fourth-order valence-corrected chi connectivity index (χ4v) is 2.24. The van der Waals surface area contributed by atoms with Gasteiger partial charge in [0.1, 0.15) is 5.54 Å². The van der Waals surface area contributed by atoms with Crippen molar-refractivity contribution in [2.75, 3.05) is 13.7 Å². The third-order valence-corrected chi connectivity index (χ3v) is 3.29. The molecule has 20 heavy (non-hydrogen) atoms. The van der Waals surface area contributed by atoms with Gasteiger partial charge in [-0.05, 0) is 17.7 Å². The standard InChI is InChI=1S/C13H15NO6/c1-19-9-5-7(6-10(15)16)4-8-11(9)20-3-2-13(8,14)12(17)18/h4-5H,2-3,6,14H2,1H3,(H,15,16)(H,17,18). The van der Waals surface area contributed by atoms with Crippen molar-refractivity contribution in [1.29, 1.82) is 0 Å². The number of carboxylic acid groups (broad SMARTS) is 2. The van der Waals surface area contributed by atoms with Crippen LogP contribution in [0.3, 0.4) is 0 Å². The summed E-state index contributed by atoms with van der Waals surface area (Å²) in [6.07, 6.45) is -0.144. The van der Waals surface area contributed by atoms with E-state index < -0.39 is 17.5 Å². The summed E-state index contributed by atoms with van der Waals surface area (Å²) >= 11 is 0. The van der Waals surface area contributed by atoms with E-state index in [1.807, 2.05) is 0 Å². The van der Waals surface area contributed by atoms with Gasteiger partial charge in [0.25, 0.3) is 0 Å². The molecule has 108 valence electrons. The van der Waals surface area contributed by atoms with Crippen LogP contribution in [0.4, 0.5) is 0 Å². The highest BCUT2D eigenvalue weighted by atomic mass is 16.5. The average molecular weight is 281 g/mol. The first-order valence-electron chi connectivity index (χ1n) is 5.96. The van der Waals surface area contributed by atoms with Gasteiger partial charge in [-0.3, -0.25) is 4.79 Å². The summed E-state index contributed by atoms with van der Waals surface area (Å²) in [5.74, 6) is -1.66. The molecule has 1 aromatic rings. The molecule has 0 aromatic heterocycles. The number of aliphatic carboxylic acids is 2. The minimum absolute atomic E-state index is 0.106. The van der Waals surface area contributed by atoms with Gasteiger partial charge in [0.2, 0.25) is 0 Å². The zero-order chi connectivity index (χ0) is 14.9. The Morgan fingerprint density at radius 2 is 2.15 bits per heavy atom. The van der Waals surface area contributed by atoms with Gasteiger partial charge in [-0.2, -0.15) is 0 Å². The van der Waals surface area contributed by atoms with Crippen molar-refractivity contribution in [2.45, 2.75) is 18.4 Å². The van der Waals surface area contributed by atoms with Crippen LogP contribution in [0.25, 0.3) is 0 Å². The molecular weight excluding hydrogens is 266 g/mol. The van der Waals surface area contributed by atoms with Crippen molar-refractivity contribution in [3.05, 3.63) is 23.3 Å². The molecule has 4 N–H and O–H groups in total. The van der Waals surface area contributed by atoms with Crippen LogP contribution in [0.15, 0.2) is 12.1 Å². The predicted molar refractivity (Wildman–Crippen MR) is 67.9 cm³/mol. The number of hydrogen-bond acceptors (Lipinski definition) is 5. The van der Waals surface area contributed by atoms with Crippen molar-refractivity contribution in [3.8, 4) is 11.5 Å². The number of carbonyl (C=O) groups is 2. The molecule has 0 radical (unpaired) electrons. The van der Waals surface area contributed by atoms with Crippen molar-refractivity contribution >= 4 is 11.9 Å². The third kappa shape index (κ3) is 2.27. The van der Waals surface area contributed by atoms with Crippen LogP contribution in [-0.4, -0.2) is 35.9 Å². The topological polar surface area (TPSA) is 119 Å². The molecule has 0 fully saturated rings. The van der Waals surface area contributed by atoms with Crippen LogP contribution in [0.1, 0.15) is 17.5 Å². The number of carboxylic acids is 2. The van der Waals surface area contributed by atoms with Gasteiger partial charge in [-0.25, -0.2) is 4.79 Å². The van der Waals surface area contributed by atoms with E-state index in [1.165, 1.54) is 19.2 Å². The molecule has 0 saturated heterocycles. The van der Waals surface area contributed by atoms with Gasteiger partial charge in [-0.1, -0.05) is 0 Å². The Morgan fingerprint density at radius 1 is 1.45 bits per heavy atom. The number of rotatable bonds is 4. The fraction of sp³-hybridized carbons (Fsp3) is 0.385. The Hall–Kier alpha value is -2.28. The van der Waals surface area contributed by atoms with E-state index in [1.54, 1.807) is 0 Å². The highest BCUT2D eigenvalue weighted by Crippen LogP contribution is 2.42. The summed E-state index contributed by atoms with van der Waals surface area (Å²) in [6.45, 7) is 0.157. The van der Waals surface area contributed by atoms with E-state index in [0.29, 0.717) is 5.56 Å². The summed E-state index contributed by atoms with van der Waals surface area (Å²) in [4.78, 5) is 22.2. The first kappa shape index (κ1) is 14.1. The van der Waals surface area contributed by atoms with Crippen LogP contribution in [0.5, 0.6) is 11.5 Å². The van der Waals surface area contributed by atoms with Gasteiger partial charge in [-0.15, -0.1) is 0 Å². The lowest BCUT2D eigenvalue weighted by atomic mass is 9.84. The largest absolute Gasteiger partial charge is 0.493 e. The van der Waals surface area contributed by atoms with Crippen molar-refractivity contribution in [2.24, 2.45) is 5.73 Å². The lowest BCUT2D eigenvalue weighted by Gasteiger charge is -2.33. The number of methoxy groups -OCH3 is 1. The first-order chi connectivity index (χ1) is 9.38. The van der Waals surface area contributed by atoms with E-state index in [0.717, 1.165) is 0 Å². The molecule has 1 aliphatic heterocycles. The maximum atomic E-state index is 11.4. The van der Waals surface area contributed by atoms with Gasteiger partial charge >= 0.3 is 11.9 Å². The molecule has 1 atom stereocenters. The summed E-state index contributed by atoms with van der Waals surface area (Å²) < 4.78 is 10.6. The second kappa shape index (κ2) is 5.01. The molecule has 1 unspecified atom stereocenters. The van der Waals surface area contributed by atoms with Crippen LogP contribution >= 0.6 is 0 Å². The molecule has 0 saturated carbocycles. The number of ether oxygens (including phenoxy) is 2. The second-order valence-corrected chi connectivity index (χ2v) is 4.62. The molecule has 1 heterocycles. The molecule has 0 aliphatic carbocycles. The molecule has 0 amide bonds. The van der Waals surface area contributed by atoms with Gasteiger partial charge in [0.15, 0.2) is 11.5 Å². The van der Waals surface area contributed by atoms with E-state index >= 15 is 0 Å². The Labute approximate surface area is 114 Å². The average Bonchev–Trinajstić information content (AvgIpc) is 2.38. The molecular formula is C13H15NO6. The van der Waals surface area contributed by atoms with Crippen molar-refractivity contribution < 1.29 is 29.3 Å². The van der Waals surface area contributed by atoms with E-state index in [-0.39, 0.29) is 36.5 Å². The molecule has 7 heteroatoms. The minimum atomic E-state index is -1.60. The van der Waals surface area contributed by atoms with Gasteiger partial charge < -0.3 is 25.4 Å². The van der Waals surface area contributed by atoms with Gasteiger partial charge in [0.05, 0.1) is 20.1 Å². The van der Waals surface area contributed by atoms with Crippen LogP contribution in [0.2, 0.25) is 0 Å². The molecule has 1 aliphatic rings. The van der Waals surface area contributed by atoms with Crippen molar-refractivity contribution in [1.82, 2.24) is 0 Å². The first-order valence-corrected chi connectivity index (χ1v) is 5.96. The van der Waals surface area contributed by atoms with E-state index in [9.17, 15) is 14.7 Å². The highest BCUT2D eigenvalue weighted by Gasteiger charge is 2.42. The van der Waals surface area contributed by atoms with Crippen molar-refractivity contribution in [3.63, 3.8) is 0 Å². The minimum Gasteiger partial charge on any atom is -0.493 e. The summed E-state index contributed by atoms with van der Waals surface area (Å²) in [6, 6.07) is 2.97. The number of fused-ring (bicyclic) bond motifs is 1. The summed E-state index contributed by atoms with van der Waals surface area (Å²) in [7, 11) is 1.40.